The van der Waals surface area contributed by atoms with E-state index in [4.69, 9.17) is 0 Å². The number of halogens is 2. The Kier molecular flexibility index (Phi) is 2.04. The van der Waals surface area contributed by atoms with Crippen LogP contribution in [0, 0.1) is 19.8 Å². The van der Waals surface area contributed by atoms with E-state index in [1.807, 2.05) is 13.8 Å². The van der Waals surface area contributed by atoms with Crippen LogP contribution in [0.4, 0.5) is 4.39 Å². The van der Waals surface area contributed by atoms with E-state index >= 15 is 0 Å². The minimum atomic E-state index is -0.442. The van der Waals surface area contributed by atoms with Crippen molar-refractivity contribution in [2.24, 2.45) is 0 Å². The van der Waals surface area contributed by atoms with Gasteiger partial charge in [-0.15, -0.1) is 0 Å². The molecule has 54 valence electrons. The zero-order valence-corrected chi connectivity index (χ0v) is 7.37. The molecule has 1 nitrogen and oxygen atoms in total. The normalized spacial score (nSPS) is 10.0. The second kappa shape index (κ2) is 2.66. The lowest BCUT2D eigenvalue weighted by molar-refractivity contribution is 0.574. The number of aromatic nitrogens is 1. The Morgan fingerprint density at radius 1 is 1.50 bits per heavy atom. The van der Waals surface area contributed by atoms with Gasteiger partial charge in [0.1, 0.15) is 0 Å². The molecule has 10 heavy (non-hydrogen) atoms. The van der Waals surface area contributed by atoms with Gasteiger partial charge in [0, 0.05) is 6.20 Å². The van der Waals surface area contributed by atoms with Gasteiger partial charge >= 0.3 is 0 Å². The first-order valence-electron chi connectivity index (χ1n) is 2.90. The van der Waals surface area contributed by atoms with Gasteiger partial charge in [-0.25, -0.2) is 4.98 Å². The lowest BCUT2D eigenvalue weighted by atomic mass is 10.2. The summed E-state index contributed by atoms with van der Waals surface area (Å²) in [5.74, 6) is -0.442. The van der Waals surface area contributed by atoms with Crippen LogP contribution in [0.1, 0.15) is 11.1 Å². The first-order chi connectivity index (χ1) is 4.63. The summed E-state index contributed by atoms with van der Waals surface area (Å²) in [6.07, 6.45) is 1.52. The fourth-order valence-electron chi connectivity index (χ4n) is 0.635. The number of nitrogens with zero attached hydrogens (tertiary/aromatic N) is 1. The van der Waals surface area contributed by atoms with Gasteiger partial charge in [0.2, 0.25) is 5.95 Å². The summed E-state index contributed by atoms with van der Waals surface area (Å²) in [5, 5.41) is 0. The molecule has 0 spiro atoms. The van der Waals surface area contributed by atoms with Crippen molar-refractivity contribution in [3.8, 4) is 0 Å². The van der Waals surface area contributed by atoms with Crippen LogP contribution in [0.15, 0.2) is 10.7 Å². The summed E-state index contributed by atoms with van der Waals surface area (Å²) in [7, 11) is 0. The number of hydrogen-bond donors (Lipinski definition) is 0. The van der Waals surface area contributed by atoms with Crippen molar-refractivity contribution in [1.82, 2.24) is 4.98 Å². The van der Waals surface area contributed by atoms with Crippen molar-refractivity contribution in [3.63, 3.8) is 0 Å². The first-order valence-corrected chi connectivity index (χ1v) is 3.69. The molecule has 0 saturated heterocycles. The SMILES string of the molecule is Cc1cnc(F)c(Br)c1C. The van der Waals surface area contributed by atoms with Crippen LogP contribution in [0.2, 0.25) is 0 Å². The molecule has 0 fully saturated rings. The molecule has 0 radical (unpaired) electrons. The molecule has 0 aliphatic rings. The molecule has 1 heterocycles. The molecule has 0 aliphatic carbocycles. The van der Waals surface area contributed by atoms with Crippen LogP contribution in [0.25, 0.3) is 0 Å². The van der Waals surface area contributed by atoms with Gasteiger partial charge in [-0.3, -0.25) is 0 Å². The van der Waals surface area contributed by atoms with E-state index in [2.05, 4.69) is 20.9 Å². The van der Waals surface area contributed by atoms with Gasteiger partial charge in [0.05, 0.1) is 4.47 Å². The predicted molar refractivity (Wildman–Crippen MR) is 41.4 cm³/mol. The van der Waals surface area contributed by atoms with Crippen molar-refractivity contribution in [2.75, 3.05) is 0 Å². The van der Waals surface area contributed by atoms with Gasteiger partial charge in [-0.1, -0.05) is 0 Å². The van der Waals surface area contributed by atoms with E-state index in [0.717, 1.165) is 11.1 Å². The van der Waals surface area contributed by atoms with Crippen LogP contribution in [-0.2, 0) is 0 Å². The second-order valence-electron chi connectivity index (χ2n) is 2.17. The highest BCUT2D eigenvalue weighted by molar-refractivity contribution is 9.10. The number of rotatable bonds is 0. The largest absolute Gasteiger partial charge is 0.227 e. The Morgan fingerprint density at radius 3 is 2.60 bits per heavy atom. The lowest BCUT2D eigenvalue weighted by Gasteiger charge is -2.00. The molecule has 1 aromatic rings. The topological polar surface area (TPSA) is 12.9 Å². The maximum atomic E-state index is 12.6. The van der Waals surface area contributed by atoms with Gasteiger partial charge in [-0.05, 0) is 40.9 Å². The average Bonchev–Trinajstić information content (AvgIpc) is 1.93. The predicted octanol–water partition coefficient (Wildman–Crippen LogP) is 2.60. The van der Waals surface area contributed by atoms with Crippen molar-refractivity contribution in [3.05, 3.63) is 27.7 Å². The molecular weight excluding hydrogens is 197 g/mol. The van der Waals surface area contributed by atoms with E-state index < -0.39 is 5.95 Å². The Bertz CT molecular complexity index is 233. The van der Waals surface area contributed by atoms with E-state index in [9.17, 15) is 4.39 Å². The zero-order chi connectivity index (χ0) is 7.72. The minimum Gasteiger partial charge on any atom is -0.227 e. The lowest BCUT2D eigenvalue weighted by Crippen LogP contribution is -1.90. The third-order valence-corrected chi connectivity index (χ3v) is 2.40. The van der Waals surface area contributed by atoms with Crippen LogP contribution < -0.4 is 0 Å². The van der Waals surface area contributed by atoms with E-state index in [0.29, 0.717) is 4.47 Å². The van der Waals surface area contributed by atoms with Crippen LogP contribution in [-0.4, -0.2) is 4.98 Å². The van der Waals surface area contributed by atoms with Crippen LogP contribution in [0.3, 0.4) is 0 Å². The van der Waals surface area contributed by atoms with Crippen molar-refractivity contribution >= 4 is 15.9 Å². The summed E-state index contributed by atoms with van der Waals surface area (Å²) < 4.78 is 13.1. The quantitative estimate of drug-likeness (QED) is 0.592. The summed E-state index contributed by atoms with van der Waals surface area (Å²) in [5.41, 5.74) is 1.90. The molecule has 0 aromatic carbocycles. The minimum absolute atomic E-state index is 0.442. The average molecular weight is 204 g/mol. The van der Waals surface area contributed by atoms with Gasteiger partial charge < -0.3 is 0 Å². The van der Waals surface area contributed by atoms with Gasteiger partial charge in [-0.2, -0.15) is 4.39 Å². The number of pyridine rings is 1. The summed E-state index contributed by atoms with van der Waals surface area (Å²) in [6.45, 7) is 3.75. The standard InChI is InChI=1S/C7H7BrFN/c1-4-3-10-7(9)6(8)5(4)2/h3H,1-2H3. The maximum absolute atomic E-state index is 12.6. The fraction of sp³-hybridized carbons (Fsp3) is 0.286. The maximum Gasteiger partial charge on any atom is 0.227 e. The molecule has 1 aromatic heterocycles. The summed E-state index contributed by atoms with van der Waals surface area (Å²) >= 11 is 3.09. The number of hydrogen-bond acceptors (Lipinski definition) is 1. The molecular formula is C7H7BrFN. The third kappa shape index (κ3) is 1.19. The van der Waals surface area contributed by atoms with Crippen LogP contribution >= 0.6 is 15.9 Å². The molecule has 0 N–H and O–H groups in total. The van der Waals surface area contributed by atoms with E-state index in [1.54, 1.807) is 0 Å². The fourth-order valence-corrected chi connectivity index (χ4v) is 1.05. The molecule has 0 unspecified atom stereocenters. The van der Waals surface area contributed by atoms with Gasteiger partial charge in [0.25, 0.3) is 0 Å². The highest BCUT2D eigenvalue weighted by atomic mass is 79.9. The molecule has 3 heteroatoms. The summed E-state index contributed by atoms with van der Waals surface area (Å²) in [4.78, 5) is 3.53. The van der Waals surface area contributed by atoms with Crippen LogP contribution in [0.5, 0.6) is 0 Å². The first kappa shape index (κ1) is 7.66. The molecule has 0 atom stereocenters. The van der Waals surface area contributed by atoms with Crippen molar-refractivity contribution in [1.29, 1.82) is 0 Å². The molecule has 0 aliphatic heterocycles. The second-order valence-corrected chi connectivity index (χ2v) is 2.96. The molecule has 1 rings (SSSR count). The highest BCUT2D eigenvalue weighted by Gasteiger charge is 2.04. The Morgan fingerprint density at radius 2 is 2.10 bits per heavy atom. The number of aryl methyl sites for hydroxylation is 1. The molecule has 0 amide bonds. The Balaban J connectivity index is 3.34. The Labute approximate surface area is 67.4 Å². The zero-order valence-electron chi connectivity index (χ0n) is 5.78. The van der Waals surface area contributed by atoms with E-state index in [1.165, 1.54) is 6.20 Å². The molecule has 0 bridgehead atoms. The van der Waals surface area contributed by atoms with Crippen molar-refractivity contribution in [2.45, 2.75) is 13.8 Å². The summed E-state index contributed by atoms with van der Waals surface area (Å²) in [6, 6.07) is 0. The third-order valence-electron chi connectivity index (χ3n) is 1.47. The Hall–Kier alpha value is -0.440. The monoisotopic (exact) mass is 203 g/mol. The van der Waals surface area contributed by atoms with Crippen molar-refractivity contribution < 1.29 is 4.39 Å². The highest BCUT2D eigenvalue weighted by Crippen LogP contribution is 2.20. The molecule has 0 saturated carbocycles. The van der Waals surface area contributed by atoms with E-state index in [-0.39, 0.29) is 0 Å². The van der Waals surface area contributed by atoms with Gasteiger partial charge in [0.15, 0.2) is 0 Å². The smallest absolute Gasteiger partial charge is 0.227 e.